The van der Waals surface area contributed by atoms with E-state index in [1.165, 1.54) is 11.5 Å². The minimum Gasteiger partial charge on any atom is -0.398 e. The normalized spacial score (nSPS) is 26.6. The molecule has 2 aliphatic heterocycles. The van der Waals surface area contributed by atoms with Crippen molar-refractivity contribution in [2.24, 2.45) is 11.8 Å². The zero-order valence-corrected chi connectivity index (χ0v) is 13.2. The lowest BCUT2D eigenvalue weighted by atomic mass is 9.77. The second kappa shape index (κ2) is 6.57. The van der Waals surface area contributed by atoms with Crippen molar-refractivity contribution in [3.63, 3.8) is 0 Å². The summed E-state index contributed by atoms with van der Waals surface area (Å²) in [6.07, 6.45) is 4.44. The van der Waals surface area contributed by atoms with Gasteiger partial charge in [0.05, 0.1) is 11.6 Å². The first-order valence-corrected chi connectivity index (χ1v) is 8.92. The molecule has 2 unspecified atom stereocenters. The number of nitrogen functional groups attached to an aromatic ring is 1. The molecular formula is C16H25N3OS. The Balaban J connectivity index is 1.79. The number of hydrogen-bond acceptors (Lipinski definition) is 5. The third kappa shape index (κ3) is 3.21. The molecule has 2 atom stereocenters. The Bertz CT molecular complexity index is 471. The van der Waals surface area contributed by atoms with E-state index in [2.05, 4.69) is 11.5 Å². The molecule has 0 saturated carbocycles. The molecule has 3 rings (SSSR count). The SMILES string of the molecule is NNC(c1ccccc1N)C1CCOC2(CCSCC2)C1. The van der Waals surface area contributed by atoms with E-state index in [4.69, 9.17) is 16.3 Å². The van der Waals surface area contributed by atoms with Crippen LogP contribution >= 0.6 is 11.8 Å². The number of anilines is 1. The molecule has 2 fully saturated rings. The first-order valence-electron chi connectivity index (χ1n) is 7.76. The van der Waals surface area contributed by atoms with Crippen molar-refractivity contribution in [3.05, 3.63) is 29.8 Å². The summed E-state index contributed by atoms with van der Waals surface area (Å²) in [6.45, 7) is 0.834. The van der Waals surface area contributed by atoms with E-state index in [1.807, 2.05) is 30.0 Å². The van der Waals surface area contributed by atoms with Gasteiger partial charge in [-0.15, -0.1) is 0 Å². The molecule has 0 amide bonds. The largest absolute Gasteiger partial charge is 0.398 e. The van der Waals surface area contributed by atoms with Gasteiger partial charge < -0.3 is 10.5 Å². The summed E-state index contributed by atoms with van der Waals surface area (Å²) in [5.41, 5.74) is 11.2. The lowest BCUT2D eigenvalue weighted by Gasteiger charge is -2.45. The number of rotatable bonds is 3. The molecule has 2 heterocycles. The molecule has 4 nitrogen and oxygen atoms in total. The summed E-state index contributed by atoms with van der Waals surface area (Å²) in [7, 11) is 0. The highest BCUT2D eigenvalue weighted by molar-refractivity contribution is 7.99. The third-order valence-electron chi connectivity index (χ3n) is 4.92. The van der Waals surface area contributed by atoms with Gasteiger partial charge in [-0.05, 0) is 54.7 Å². The van der Waals surface area contributed by atoms with Crippen LogP contribution in [0.25, 0.3) is 0 Å². The molecule has 0 aromatic heterocycles. The van der Waals surface area contributed by atoms with Crippen molar-refractivity contribution in [3.8, 4) is 0 Å². The quantitative estimate of drug-likeness (QED) is 0.454. The van der Waals surface area contributed by atoms with Crippen LogP contribution in [-0.4, -0.2) is 23.7 Å². The molecule has 2 saturated heterocycles. The molecule has 0 bridgehead atoms. The van der Waals surface area contributed by atoms with E-state index in [0.717, 1.165) is 43.5 Å². The summed E-state index contributed by atoms with van der Waals surface area (Å²) >= 11 is 2.04. The van der Waals surface area contributed by atoms with E-state index in [0.29, 0.717) is 5.92 Å². The van der Waals surface area contributed by atoms with Gasteiger partial charge in [-0.3, -0.25) is 11.3 Å². The molecule has 1 aromatic carbocycles. The van der Waals surface area contributed by atoms with E-state index in [-0.39, 0.29) is 11.6 Å². The molecule has 1 spiro atoms. The molecule has 0 radical (unpaired) electrons. The van der Waals surface area contributed by atoms with Crippen LogP contribution in [0.4, 0.5) is 5.69 Å². The van der Waals surface area contributed by atoms with Gasteiger partial charge in [-0.2, -0.15) is 11.8 Å². The number of benzene rings is 1. The zero-order chi connectivity index (χ0) is 14.7. The highest BCUT2D eigenvalue weighted by Gasteiger charge is 2.41. The van der Waals surface area contributed by atoms with Crippen LogP contribution in [0.2, 0.25) is 0 Å². The Hall–Kier alpha value is -0.750. The lowest BCUT2D eigenvalue weighted by molar-refractivity contribution is -0.107. The number of nitrogens with one attached hydrogen (secondary N) is 1. The third-order valence-corrected chi connectivity index (χ3v) is 5.90. The van der Waals surface area contributed by atoms with Gasteiger partial charge in [0.15, 0.2) is 0 Å². The fourth-order valence-electron chi connectivity index (χ4n) is 3.72. The van der Waals surface area contributed by atoms with Crippen molar-refractivity contribution >= 4 is 17.4 Å². The molecule has 0 aliphatic carbocycles. The van der Waals surface area contributed by atoms with Crippen molar-refractivity contribution in [1.82, 2.24) is 5.43 Å². The van der Waals surface area contributed by atoms with Gasteiger partial charge in [0, 0.05) is 12.3 Å². The average molecular weight is 307 g/mol. The molecule has 5 N–H and O–H groups in total. The Labute approximate surface area is 131 Å². The smallest absolute Gasteiger partial charge is 0.0701 e. The van der Waals surface area contributed by atoms with Gasteiger partial charge in [0.2, 0.25) is 0 Å². The monoisotopic (exact) mass is 307 g/mol. The summed E-state index contributed by atoms with van der Waals surface area (Å²) < 4.78 is 6.18. The number of ether oxygens (including phenoxy) is 1. The van der Waals surface area contributed by atoms with Crippen LogP contribution in [0.1, 0.15) is 37.3 Å². The number of thioether (sulfide) groups is 1. The van der Waals surface area contributed by atoms with Crippen molar-refractivity contribution in [2.75, 3.05) is 23.8 Å². The standard InChI is InChI=1S/C16H25N3OS/c17-14-4-2-1-3-13(14)15(19-18)12-5-8-20-16(11-12)6-9-21-10-7-16/h1-4,12,15,19H,5-11,17-18H2. The maximum absolute atomic E-state index is 6.18. The van der Waals surface area contributed by atoms with E-state index >= 15 is 0 Å². The van der Waals surface area contributed by atoms with Gasteiger partial charge >= 0.3 is 0 Å². The topological polar surface area (TPSA) is 73.3 Å². The van der Waals surface area contributed by atoms with Gasteiger partial charge in [0.25, 0.3) is 0 Å². The number of nitrogens with two attached hydrogens (primary N) is 2. The number of hydrazine groups is 1. The van der Waals surface area contributed by atoms with E-state index < -0.39 is 0 Å². The fourth-order valence-corrected chi connectivity index (χ4v) is 4.95. The molecule has 5 heteroatoms. The Kier molecular flexibility index (Phi) is 4.74. The first-order chi connectivity index (χ1) is 10.2. The second-order valence-corrected chi connectivity index (χ2v) is 7.39. The minimum absolute atomic E-state index is 0.0762. The van der Waals surface area contributed by atoms with Crippen molar-refractivity contribution < 1.29 is 4.74 Å². The van der Waals surface area contributed by atoms with Crippen LogP contribution < -0.4 is 17.0 Å². The zero-order valence-electron chi connectivity index (χ0n) is 12.4. The van der Waals surface area contributed by atoms with Crippen LogP contribution in [0.15, 0.2) is 24.3 Å². The Morgan fingerprint density at radius 3 is 2.76 bits per heavy atom. The molecular weight excluding hydrogens is 282 g/mol. The minimum atomic E-state index is 0.0762. The molecule has 21 heavy (non-hydrogen) atoms. The molecule has 1 aromatic rings. The van der Waals surface area contributed by atoms with Crippen LogP contribution in [0.3, 0.4) is 0 Å². The van der Waals surface area contributed by atoms with Gasteiger partial charge in [-0.1, -0.05) is 18.2 Å². The summed E-state index contributed by atoms with van der Waals surface area (Å²) in [6, 6.07) is 8.14. The van der Waals surface area contributed by atoms with Crippen molar-refractivity contribution in [1.29, 1.82) is 0 Å². The maximum Gasteiger partial charge on any atom is 0.0701 e. The molecule has 2 aliphatic rings. The Morgan fingerprint density at radius 2 is 2.05 bits per heavy atom. The van der Waals surface area contributed by atoms with Crippen LogP contribution in [0, 0.1) is 5.92 Å². The fraction of sp³-hybridized carbons (Fsp3) is 0.625. The molecule has 116 valence electrons. The second-order valence-electron chi connectivity index (χ2n) is 6.17. The van der Waals surface area contributed by atoms with Gasteiger partial charge in [-0.25, -0.2) is 0 Å². The number of para-hydroxylation sites is 1. The Morgan fingerprint density at radius 1 is 1.29 bits per heavy atom. The first kappa shape index (κ1) is 15.2. The van der Waals surface area contributed by atoms with E-state index in [9.17, 15) is 0 Å². The maximum atomic E-state index is 6.18. The summed E-state index contributed by atoms with van der Waals surface area (Å²) in [5.74, 6) is 8.77. The highest BCUT2D eigenvalue weighted by Crippen LogP contribution is 2.44. The van der Waals surface area contributed by atoms with Gasteiger partial charge in [0.1, 0.15) is 0 Å². The lowest BCUT2D eigenvalue weighted by Crippen LogP contribution is -2.46. The van der Waals surface area contributed by atoms with Crippen LogP contribution in [0.5, 0.6) is 0 Å². The highest BCUT2D eigenvalue weighted by atomic mass is 32.2. The predicted molar refractivity (Wildman–Crippen MR) is 88.9 cm³/mol. The van der Waals surface area contributed by atoms with Crippen LogP contribution in [-0.2, 0) is 4.74 Å². The van der Waals surface area contributed by atoms with Crippen molar-refractivity contribution in [2.45, 2.75) is 37.3 Å². The predicted octanol–water partition coefficient (Wildman–Crippen LogP) is 2.47. The summed E-state index contributed by atoms with van der Waals surface area (Å²) in [5, 5.41) is 0. The summed E-state index contributed by atoms with van der Waals surface area (Å²) in [4.78, 5) is 0. The average Bonchev–Trinajstić information content (AvgIpc) is 2.51. The van der Waals surface area contributed by atoms with E-state index in [1.54, 1.807) is 0 Å². The number of hydrogen-bond donors (Lipinski definition) is 3.